The number of nitrogens with one attached hydrogen (secondary N) is 2. The lowest BCUT2D eigenvalue weighted by Gasteiger charge is -2.27. The van der Waals surface area contributed by atoms with Gasteiger partial charge in [-0.1, -0.05) is 19.9 Å². The van der Waals surface area contributed by atoms with Gasteiger partial charge in [0.1, 0.15) is 12.4 Å². The molecular weight excluding hydrogens is 358 g/mol. The average molecular weight is 387 g/mol. The highest BCUT2D eigenvalue weighted by Crippen LogP contribution is 2.36. The monoisotopic (exact) mass is 387 g/mol. The van der Waals surface area contributed by atoms with Crippen LogP contribution in [-0.4, -0.2) is 39.5 Å². The molecule has 0 unspecified atom stereocenters. The Bertz CT molecular complexity index is 772. The summed E-state index contributed by atoms with van der Waals surface area (Å²) >= 11 is 0. The second-order valence-corrected chi connectivity index (χ2v) is 7.29. The molecule has 2 aromatic rings. The van der Waals surface area contributed by atoms with E-state index in [1.54, 1.807) is 13.3 Å². The Labute approximate surface area is 166 Å². The van der Waals surface area contributed by atoms with Crippen LogP contribution in [0.15, 0.2) is 46.0 Å². The van der Waals surface area contributed by atoms with Gasteiger partial charge < -0.3 is 29.3 Å². The van der Waals surface area contributed by atoms with Crippen molar-refractivity contribution in [3.05, 3.63) is 47.9 Å². The predicted molar refractivity (Wildman–Crippen MR) is 108 cm³/mol. The zero-order valence-corrected chi connectivity index (χ0v) is 16.8. The summed E-state index contributed by atoms with van der Waals surface area (Å²) in [4.78, 5) is 4.29. The van der Waals surface area contributed by atoms with E-state index in [-0.39, 0.29) is 5.41 Å². The first-order valence-electron chi connectivity index (χ1n) is 9.53. The van der Waals surface area contributed by atoms with Crippen LogP contribution in [0.2, 0.25) is 0 Å². The van der Waals surface area contributed by atoms with Crippen molar-refractivity contribution in [1.29, 1.82) is 0 Å². The third-order valence-corrected chi connectivity index (χ3v) is 4.66. The molecule has 0 saturated heterocycles. The fourth-order valence-corrected chi connectivity index (χ4v) is 2.89. The van der Waals surface area contributed by atoms with E-state index < -0.39 is 0 Å². The van der Waals surface area contributed by atoms with Crippen molar-refractivity contribution in [1.82, 2.24) is 10.6 Å². The standard InChI is InChI=1S/C21H29N3O4/c1-21(2,16-7-8-18-19(12-16)28-15-27-18)14-24-20(22-3)23-9-5-10-25-13-17-6-4-11-26-17/h4,6-8,11-12H,5,9-10,13-15H2,1-3H3,(H2,22,23,24). The first-order valence-corrected chi connectivity index (χ1v) is 9.53. The lowest BCUT2D eigenvalue weighted by molar-refractivity contribution is 0.105. The molecule has 0 saturated carbocycles. The second-order valence-electron chi connectivity index (χ2n) is 7.29. The Balaban J connectivity index is 1.38. The van der Waals surface area contributed by atoms with E-state index in [0.29, 0.717) is 20.0 Å². The van der Waals surface area contributed by atoms with E-state index >= 15 is 0 Å². The Morgan fingerprint density at radius 3 is 2.82 bits per heavy atom. The molecule has 0 bridgehead atoms. The van der Waals surface area contributed by atoms with E-state index in [1.165, 1.54) is 5.56 Å². The third kappa shape index (κ3) is 5.42. The first-order chi connectivity index (χ1) is 13.6. The van der Waals surface area contributed by atoms with Crippen LogP contribution in [0.25, 0.3) is 0 Å². The number of aliphatic imine (C=N–C) groups is 1. The summed E-state index contributed by atoms with van der Waals surface area (Å²) in [5, 5.41) is 6.72. The maximum Gasteiger partial charge on any atom is 0.231 e. The molecule has 2 N–H and O–H groups in total. The van der Waals surface area contributed by atoms with Crippen LogP contribution in [-0.2, 0) is 16.8 Å². The number of rotatable bonds is 9. The molecule has 0 amide bonds. The minimum atomic E-state index is -0.0925. The van der Waals surface area contributed by atoms with Crippen LogP contribution in [0.3, 0.4) is 0 Å². The van der Waals surface area contributed by atoms with E-state index in [1.807, 2.05) is 18.2 Å². The molecule has 7 nitrogen and oxygen atoms in total. The van der Waals surface area contributed by atoms with Crippen molar-refractivity contribution < 1.29 is 18.6 Å². The highest BCUT2D eigenvalue weighted by atomic mass is 16.7. The van der Waals surface area contributed by atoms with E-state index in [9.17, 15) is 0 Å². The summed E-state index contributed by atoms with van der Waals surface area (Å²) in [6.07, 6.45) is 2.54. The maximum absolute atomic E-state index is 5.59. The lowest BCUT2D eigenvalue weighted by Crippen LogP contribution is -2.43. The van der Waals surface area contributed by atoms with Crippen molar-refractivity contribution in [3.8, 4) is 11.5 Å². The number of nitrogens with zero attached hydrogens (tertiary/aromatic N) is 1. The second kappa shape index (κ2) is 9.50. The molecule has 0 radical (unpaired) electrons. The van der Waals surface area contributed by atoms with Gasteiger partial charge in [0.15, 0.2) is 17.5 Å². The summed E-state index contributed by atoms with van der Waals surface area (Å²) in [6, 6.07) is 9.88. The minimum Gasteiger partial charge on any atom is -0.467 e. The van der Waals surface area contributed by atoms with Crippen molar-refractivity contribution in [2.75, 3.05) is 33.5 Å². The molecule has 152 valence electrons. The van der Waals surface area contributed by atoms with E-state index in [4.69, 9.17) is 18.6 Å². The highest BCUT2D eigenvalue weighted by Gasteiger charge is 2.24. The summed E-state index contributed by atoms with van der Waals surface area (Å²) in [5.41, 5.74) is 1.09. The Morgan fingerprint density at radius 2 is 2.04 bits per heavy atom. The topological polar surface area (TPSA) is 77.3 Å². The van der Waals surface area contributed by atoms with Crippen molar-refractivity contribution in [2.45, 2.75) is 32.3 Å². The third-order valence-electron chi connectivity index (χ3n) is 4.66. The smallest absolute Gasteiger partial charge is 0.231 e. The Hall–Kier alpha value is -2.67. The molecule has 3 rings (SSSR count). The Morgan fingerprint density at radius 1 is 1.18 bits per heavy atom. The molecule has 1 aromatic heterocycles. The van der Waals surface area contributed by atoms with Crippen molar-refractivity contribution in [3.63, 3.8) is 0 Å². The largest absolute Gasteiger partial charge is 0.467 e. The highest BCUT2D eigenvalue weighted by molar-refractivity contribution is 5.79. The van der Waals surface area contributed by atoms with Crippen molar-refractivity contribution in [2.24, 2.45) is 4.99 Å². The van der Waals surface area contributed by atoms with Gasteiger partial charge in [-0.3, -0.25) is 4.99 Å². The van der Waals surface area contributed by atoms with Gasteiger partial charge in [-0.25, -0.2) is 0 Å². The number of fused-ring (bicyclic) bond motifs is 1. The van der Waals surface area contributed by atoms with Crippen LogP contribution in [0.5, 0.6) is 11.5 Å². The molecule has 28 heavy (non-hydrogen) atoms. The lowest BCUT2D eigenvalue weighted by atomic mass is 9.84. The van der Waals surface area contributed by atoms with Crippen LogP contribution < -0.4 is 20.1 Å². The fraction of sp³-hybridized carbons (Fsp3) is 0.476. The van der Waals surface area contributed by atoms with Gasteiger partial charge in [0.05, 0.1) is 6.26 Å². The number of hydrogen-bond acceptors (Lipinski definition) is 5. The number of benzene rings is 1. The normalized spacial score (nSPS) is 13.6. The van der Waals surface area contributed by atoms with E-state index in [2.05, 4.69) is 41.6 Å². The van der Waals surface area contributed by atoms with Gasteiger partial charge >= 0.3 is 0 Å². The van der Waals surface area contributed by atoms with Gasteiger partial charge in [0, 0.05) is 32.2 Å². The fourth-order valence-electron chi connectivity index (χ4n) is 2.89. The molecule has 0 spiro atoms. The van der Waals surface area contributed by atoms with Gasteiger partial charge in [-0.15, -0.1) is 0 Å². The molecule has 0 fully saturated rings. The predicted octanol–water partition coefficient (Wildman–Crippen LogP) is 3.06. The summed E-state index contributed by atoms with van der Waals surface area (Å²) in [5.74, 6) is 3.23. The summed E-state index contributed by atoms with van der Waals surface area (Å²) < 4.78 is 21.7. The summed E-state index contributed by atoms with van der Waals surface area (Å²) in [6.45, 7) is 7.35. The molecule has 1 aromatic carbocycles. The van der Waals surface area contributed by atoms with Crippen LogP contribution in [0.4, 0.5) is 0 Å². The Kier molecular flexibility index (Phi) is 6.81. The SMILES string of the molecule is CN=C(NCCCOCc1ccco1)NCC(C)(C)c1ccc2c(c1)OCO2. The van der Waals surface area contributed by atoms with Gasteiger partial charge in [0.2, 0.25) is 6.79 Å². The first kappa shape index (κ1) is 20.1. The molecule has 1 aliphatic rings. The van der Waals surface area contributed by atoms with Gasteiger partial charge in [-0.05, 0) is 36.2 Å². The molecular formula is C21H29N3O4. The van der Waals surface area contributed by atoms with Crippen molar-refractivity contribution >= 4 is 5.96 Å². The number of furan rings is 1. The minimum absolute atomic E-state index is 0.0925. The molecule has 0 aliphatic carbocycles. The molecule has 1 aliphatic heterocycles. The maximum atomic E-state index is 5.59. The number of ether oxygens (including phenoxy) is 3. The quantitative estimate of drug-likeness (QED) is 0.391. The molecule has 7 heteroatoms. The molecule has 2 heterocycles. The zero-order valence-electron chi connectivity index (χ0n) is 16.8. The van der Waals surface area contributed by atoms with Gasteiger partial charge in [-0.2, -0.15) is 0 Å². The summed E-state index contributed by atoms with van der Waals surface area (Å²) in [7, 11) is 1.77. The van der Waals surface area contributed by atoms with E-state index in [0.717, 1.165) is 42.7 Å². The van der Waals surface area contributed by atoms with Gasteiger partial charge in [0.25, 0.3) is 0 Å². The number of hydrogen-bond donors (Lipinski definition) is 2. The van der Waals surface area contributed by atoms with Crippen LogP contribution in [0, 0.1) is 0 Å². The number of guanidine groups is 1. The molecule has 0 atom stereocenters. The van der Waals surface area contributed by atoms with Crippen LogP contribution in [0.1, 0.15) is 31.6 Å². The zero-order chi connectivity index (χ0) is 19.8. The average Bonchev–Trinajstić information content (AvgIpc) is 3.37. The van der Waals surface area contributed by atoms with Crippen LogP contribution >= 0.6 is 0 Å².